The monoisotopic (exact) mass is 441 g/mol. The van der Waals surface area contributed by atoms with Crippen molar-refractivity contribution in [2.75, 3.05) is 0 Å². The van der Waals surface area contributed by atoms with Crippen molar-refractivity contribution < 1.29 is 9.18 Å². The fourth-order valence-electron chi connectivity index (χ4n) is 6.60. The maximum absolute atomic E-state index is 15.0. The molecule has 0 saturated heterocycles. The van der Waals surface area contributed by atoms with Crippen LogP contribution < -0.4 is 0 Å². The van der Waals surface area contributed by atoms with E-state index in [1.54, 1.807) is 6.07 Å². The summed E-state index contributed by atoms with van der Waals surface area (Å²) in [7, 11) is 0. The SMILES string of the molecule is C[C@H]1C(=O)CC[C@@]2(C)c3nc(-c4ccnc5c4CCC5)nc(-c4ccccc4F)c3CC[C@H]12. The van der Waals surface area contributed by atoms with Gasteiger partial charge in [-0.1, -0.05) is 26.0 Å². The molecule has 2 heterocycles. The Bertz CT molecular complexity index is 1290. The lowest BCUT2D eigenvalue weighted by atomic mass is 9.56. The Morgan fingerprint density at radius 2 is 1.85 bits per heavy atom. The van der Waals surface area contributed by atoms with E-state index in [2.05, 4.69) is 18.8 Å². The third-order valence-corrected chi connectivity index (χ3v) is 8.43. The van der Waals surface area contributed by atoms with Gasteiger partial charge in [0.15, 0.2) is 5.82 Å². The number of fused-ring (bicyclic) bond motifs is 4. The van der Waals surface area contributed by atoms with E-state index in [1.165, 1.54) is 11.6 Å². The van der Waals surface area contributed by atoms with Gasteiger partial charge in [0.2, 0.25) is 0 Å². The van der Waals surface area contributed by atoms with Crippen LogP contribution in [0.4, 0.5) is 4.39 Å². The maximum atomic E-state index is 15.0. The number of Topliss-reactive ketones (excluding diaryl/α,β-unsaturated/α-hetero) is 1. The first-order valence-corrected chi connectivity index (χ1v) is 12.1. The number of hydrogen-bond acceptors (Lipinski definition) is 4. The van der Waals surface area contributed by atoms with Crippen molar-refractivity contribution in [3.8, 4) is 22.6 Å². The number of halogens is 1. The molecule has 0 radical (unpaired) electrons. The summed E-state index contributed by atoms with van der Waals surface area (Å²) in [6, 6.07) is 8.91. The molecule has 0 N–H and O–H groups in total. The predicted octanol–water partition coefficient (Wildman–Crippen LogP) is 5.65. The first-order valence-electron chi connectivity index (χ1n) is 12.1. The highest BCUT2D eigenvalue weighted by atomic mass is 19.1. The molecule has 6 rings (SSSR count). The molecule has 0 unspecified atom stereocenters. The summed E-state index contributed by atoms with van der Waals surface area (Å²) >= 11 is 0. The standard InChI is InChI=1S/C28H28FN3O/c1-16-21-11-10-20-25(19-6-3-4-8-22(19)29)31-27(18-13-15-30-23-9-5-7-17(18)23)32-26(20)28(21,2)14-12-24(16)33/h3-4,6,8,13,15-16,21H,5,7,9-12,14H2,1-2H3/t16-,21-,28-/m1/s1. The largest absolute Gasteiger partial charge is 0.299 e. The lowest BCUT2D eigenvalue weighted by molar-refractivity contribution is -0.128. The zero-order valence-corrected chi connectivity index (χ0v) is 19.2. The zero-order valence-electron chi connectivity index (χ0n) is 19.2. The summed E-state index contributed by atoms with van der Waals surface area (Å²) in [6.45, 7) is 4.34. The molecule has 5 heteroatoms. The van der Waals surface area contributed by atoms with Gasteiger partial charge < -0.3 is 0 Å². The Hall–Kier alpha value is -2.95. The highest BCUT2D eigenvalue weighted by molar-refractivity contribution is 5.83. The van der Waals surface area contributed by atoms with Gasteiger partial charge in [0.05, 0.1) is 11.4 Å². The predicted molar refractivity (Wildman–Crippen MR) is 125 cm³/mol. The highest BCUT2D eigenvalue weighted by Crippen LogP contribution is 2.52. The van der Waals surface area contributed by atoms with Gasteiger partial charge in [-0.25, -0.2) is 14.4 Å². The Labute approximate surface area is 193 Å². The van der Waals surface area contributed by atoms with Gasteiger partial charge in [0, 0.05) is 46.3 Å². The van der Waals surface area contributed by atoms with Gasteiger partial charge in [-0.05, 0) is 68.2 Å². The summed E-state index contributed by atoms with van der Waals surface area (Å²) < 4.78 is 15.0. The van der Waals surface area contributed by atoms with Crippen LogP contribution in [0.25, 0.3) is 22.6 Å². The number of aryl methyl sites for hydroxylation is 1. The van der Waals surface area contributed by atoms with E-state index in [9.17, 15) is 4.79 Å². The quantitative estimate of drug-likeness (QED) is 0.515. The number of nitrogens with zero attached hydrogens (tertiary/aromatic N) is 3. The van der Waals surface area contributed by atoms with Gasteiger partial charge >= 0.3 is 0 Å². The second-order valence-corrected chi connectivity index (χ2v) is 10.2. The molecule has 4 nitrogen and oxygen atoms in total. The topological polar surface area (TPSA) is 55.7 Å². The van der Waals surface area contributed by atoms with Crippen molar-refractivity contribution in [3.05, 3.63) is 64.9 Å². The van der Waals surface area contributed by atoms with Crippen LogP contribution in [0.1, 0.15) is 62.0 Å². The Kier molecular flexibility index (Phi) is 4.72. The second-order valence-electron chi connectivity index (χ2n) is 10.2. The molecule has 0 bridgehead atoms. The summed E-state index contributed by atoms with van der Waals surface area (Å²) in [5.74, 6) is 1.04. The number of carbonyl (C=O) groups is 1. The van der Waals surface area contributed by atoms with Crippen LogP contribution in [0.3, 0.4) is 0 Å². The minimum absolute atomic E-state index is 0.0254. The van der Waals surface area contributed by atoms with Crippen molar-refractivity contribution in [1.29, 1.82) is 0 Å². The van der Waals surface area contributed by atoms with Gasteiger partial charge in [0.25, 0.3) is 0 Å². The van der Waals surface area contributed by atoms with Gasteiger partial charge in [-0.2, -0.15) is 0 Å². The van der Waals surface area contributed by atoms with Gasteiger partial charge in [-0.15, -0.1) is 0 Å². The third-order valence-electron chi connectivity index (χ3n) is 8.43. The molecule has 168 valence electrons. The Morgan fingerprint density at radius 3 is 2.70 bits per heavy atom. The molecule has 33 heavy (non-hydrogen) atoms. The number of aromatic nitrogens is 3. The van der Waals surface area contributed by atoms with Crippen LogP contribution in [-0.4, -0.2) is 20.7 Å². The van der Waals surface area contributed by atoms with Gasteiger partial charge in [0.1, 0.15) is 11.6 Å². The van der Waals surface area contributed by atoms with Crippen LogP contribution in [0.15, 0.2) is 36.5 Å². The zero-order chi connectivity index (χ0) is 22.7. The number of hydrogen-bond donors (Lipinski definition) is 0. The lowest BCUT2D eigenvalue weighted by Gasteiger charge is -2.48. The molecule has 1 fully saturated rings. The first-order chi connectivity index (χ1) is 16.0. The fourth-order valence-corrected chi connectivity index (χ4v) is 6.60. The van der Waals surface area contributed by atoms with Crippen LogP contribution in [-0.2, 0) is 29.5 Å². The Balaban J connectivity index is 1.62. The van der Waals surface area contributed by atoms with Crippen molar-refractivity contribution in [1.82, 2.24) is 15.0 Å². The highest BCUT2D eigenvalue weighted by Gasteiger charge is 2.49. The van der Waals surface area contributed by atoms with E-state index in [1.807, 2.05) is 24.4 Å². The van der Waals surface area contributed by atoms with E-state index < -0.39 is 0 Å². The van der Waals surface area contributed by atoms with E-state index in [0.29, 0.717) is 29.3 Å². The van der Waals surface area contributed by atoms with E-state index >= 15 is 4.39 Å². The summed E-state index contributed by atoms with van der Waals surface area (Å²) in [4.78, 5) is 27.4. The molecule has 3 aliphatic carbocycles. The Morgan fingerprint density at radius 1 is 1.00 bits per heavy atom. The van der Waals surface area contributed by atoms with Crippen LogP contribution in [0.2, 0.25) is 0 Å². The average Bonchev–Trinajstić information content (AvgIpc) is 3.31. The molecule has 3 aromatic rings. The summed E-state index contributed by atoms with van der Waals surface area (Å²) in [6.07, 6.45) is 7.92. The molecule has 3 aliphatic rings. The number of benzene rings is 1. The second kappa shape index (κ2) is 7.54. The van der Waals surface area contributed by atoms with E-state index in [4.69, 9.17) is 9.97 Å². The number of carbonyl (C=O) groups excluding carboxylic acids is 1. The molecule has 1 saturated carbocycles. The van der Waals surface area contributed by atoms with Crippen molar-refractivity contribution in [2.24, 2.45) is 11.8 Å². The van der Waals surface area contributed by atoms with Crippen molar-refractivity contribution in [2.45, 2.75) is 64.2 Å². The molecule has 3 atom stereocenters. The fraction of sp³-hybridized carbons (Fsp3) is 0.429. The number of rotatable bonds is 2. The van der Waals surface area contributed by atoms with E-state index in [0.717, 1.165) is 61.0 Å². The molecule has 0 spiro atoms. The molecule has 1 aromatic carbocycles. The molecular weight excluding hydrogens is 413 g/mol. The first kappa shape index (κ1) is 20.6. The average molecular weight is 442 g/mol. The third kappa shape index (κ3) is 3.08. The number of ketones is 1. The minimum Gasteiger partial charge on any atom is -0.299 e. The summed E-state index contributed by atoms with van der Waals surface area (Å²) in [5.41, 5.74) is 6.47. The van der Waals surface area contributed by atoms with Crippen LogP contribution in [0.5, 0.6) is 0 Å². The molecule has 0 aliphatic heterocycles. The van der Waals surface area contributed by atoms with Crippen molar-refractivity contribution in [3.63, 3.8) is 0 Å². The summed E-state index contributed by atoms with van der Waals surface area (Å²) in [5, 5.41) is 0. The van der Waals surface area contributed by atoms with E-state index in [-0.39, 0.29) is 23.1 Å². The molecule has 0 amide bonds. The molecule has 2 aromatic heterocycles. The molecular formula is C28H28FN3O. The number of pyridine rings is 1. The van der Waals surface area contributed by atoms with Crippen LogP contribution in [0, 0.1) is 17.7 Å². The van der Waals surface area contributed by atoms with Gasteiger partial charge in [-0.3, -0.25) is 9.78 Å². The van der Waals surface area contributed by atoms with Crippen LogP contribution >= 0.6 is 0 Å². The maximum Gasteiger partial charge on any atom is 0.160 e. The lowest BCUT2D eigenvalue weighted by Crippen LogP contribution is -2.47. The van der Waals surface area contributed by atoms with Crippen molar-refractivity contribution >= 4 is 5.78 Å². The normalized spacial score (nSPS) is 26.0. The minimum atomic E-state index is -0.260. The smallest absolute Gasteiger partial charge is 0.160 e.